The van der Waals surface area contributed by atoms with Crippen molar-refractivity contribution in [2.45, 2.75) is 6.42 Å². The first-order valence-electron chi connectivity index (χ1n) is 7.89. The molecule has 7 heteroatoms. The smallest absolute Gasteiger partial charge is 0.293 e. The minimum absolute atomic E-state index is 0.0770. The van der Waals surface area contributed by atoms with Gasteiger partial charge in [-0.3, -0.25) is 9.59 Å². The fraction of sp³-hybridized carbons (Fsp3) is 0.167. The molecule has 1 amide bonds. The van der Waals surface area contributed by atoms with E-state index in [0.717, 1.165) is 23.4 Å². The highest BCUT2D eigenvalue weighted by molar-refractivity contribution is 6.07. The molecule has 126 valence electrons. The summed E-state index contributed by atoms with van der Waals surface area (Å²) in [5.74, 6) is 0.195. The zero-order valence-electron chi connectivity index (χ0n) is 13.6. The van der Waals surface area contributed by atoms with Crippen LogP contribution >= 0.6 is 0 Å². The Bertz CT molecular complexity index is 992. The van der Waals surface area contributed by atoms with E-state index in [1.807, 2.05) is 18.2 Å². The van der Waals surface area contributed by atoms with Gasteiger partial charge in [-0.2, -0.15) is 0 Å². The van der Waals surface area contributed by atoms with Crippen molar-refractivity contribution in [3.63, 3.8) is 0 Å². The lowest BCUT2D eigenvalue weighted by molar-refractivity contribution is 0.0989. The Kier molecular flexibility index (Phi) is 3.61. The summed E-state index contributed by atoms with van der Waals surface area (Å²) in [7, 11) is 1.68. The number of nitrogens with one attached hydrogen (secondary N) is 1. The molecule has 0 bridgehead atoms. The highest BCUT2D eigenvalue weighted by Crippen LogP contribution is 2.32. The van der Waals surface area contributed by atoms with Gasteiger partial charge in [-0.1, -0.05) is 0 Å². The van der Waals surface area contributed by atoms with E-state index in [9.17, 15) is 9.59 Å². The highest BCUT2D eigenvalue weighted by Gasteiger charge is 2.26. The van der Waals surface area contributed by atoms with Crippen LogP contribution in [0.3, 0.4) is 0 Å². The van der Waals surface area contributed by atoms with E-state index in [1.54, 1.807) is 30.4 Å². The topological polar surface area (TPSA) is 80.4 Å². The molecule has 7 nitrogen and oxygen atoms in total. The van der Waals surface area contributed by atoms with Crippen LogP contribution < -0.4 is 15.8 Å². The maximum Gasteiger partial charge on any atom is 0.293 e. The molecule has 0 aliphatic carbocycles. The molecule has 3 heterocycles. The van der Waals surface area contributed by atoms with E-state index in [1.165, 1.54) is 17.1 Å². The summed E-state index contributed by atoms with van der Waals surface area (Å²) in [4.78, 5) is 30.4. The lowest BCUT2D eigenvalue weighted by Crippen LogP contribution is -2.28. The molecule has 0 atom stereocenters. The van der Waals surface area contributed by atoms with Gasteiger partial charge in [0.05, 0.1) is 11.8 Å². The fourth-order valence-electron chi connectivity index (χ4n) is 2.95. The SMILES string of the molecule is Cn1ccnc(Nc2ccc3c(c2)CCN3C(=O)c2ccoc2)c1=O. The number of amides is 1. The van der Waals surface area contributed by atoms with Crippen molar-refractivity contribution < 1.29 is 9.21 Å². The zero-order chi connectivity index (χ0) is 17.4. The standard InChI is InChI=1S/C18H16N4O3/c1-21-8-6-19-16(18(21)24)20-14-2-3-15-12(10-14)4-7-22(15)17(23)13-5-9-25-11-13/h2-3,5-6,8-11H,4,7H2,1H3,(H,19,20). The fourth-order valence-corrected chi connectivity index (χ4v) is 2.95. The average molecular weight is 336 g/mol. The second kappa shape index (κ2) is 5.94. The molecule has 1 aliphatic rings. The summed E-state index contributed by atoms with van der Waals surface area (Å²) < 4.78 is 6.46. The summed E-state index contributed by atoms with van der Waals surface area (Å²) in [6, 6.07) is 7.34. The number of nitrogens with zero attached hydrogens (tertiary/aromatic N) is 3. The van der Waals surface area contributed by atoms with Gasteiger partial charge in [0, 0.05) is 37.4 Å². The van der Waals surface area contributed by atoms with Crippen LogP contribution in [0.2, 0.25) is 0 Å². The van der Waals surface area contributed by atoms with Gasteiger partial charge in [0.25, 0.3) is 11.5 Å². The Morgan fingerprint density at radius 2 is 2.20 bits per heavy atom. The lowest BCUT2D eigenvalue weighted by Gasteiger charge is -2.16. The predicted molar refractivity (Wildman–Crippen MR) is 93.3 cm³/mol. The molecule has 1 aliphatic heterocycles. The van der Waals surface area contributed by atoms with E-state index in [4.69, 9.17) is 4.42 Å². The minimum atomic E-state index is -0.195. The third-order valence-corrected chi connectivity index (χ3v) is 4.27. The van der Waals surface area contributed by atoms with E-state index in [0.29, 0.717) is 12.1 Å². The number of hydrogen-bond acceptors (Lipinski definition) is 5. The second-order valence-corrected chi connectivity index (χ2v) is 5.88. The number of rotatable bonds is 3. The number of furan rings is 1. The van der Waals surface area contributed by atoms with Crippen molar-refractivity contribution in [3.05, 3.63) is 70.7 Å². The number of aromatic nitrogens is 2. The predicted octanol–water partition coefficient (Wildman–Crippen LogP) is 2.32. The zero-order valence-corrected chi connectivity index (χ0v) is 13.6. The van der Waals surface area contributed by atoms with Crippen molar-refractivity contribution in [2.24, 2.45) is 7.05 Å². The first-order chi connectivity index (χ1) is 12.1. The van der Waals surface area contributed by atoms with Crippen LogP contribution in [-0.2, 0) is 13.5 Å². The van der Waals surface area contributed by atoms with Crippen molar-refractivity contribution in [2.75, 3.05) is 16.8 Å². The molecule has 0 saturated carbocycles. The molecule has 3 aromatic rings. The average Bonchev–Trinajstić information content (AvgIpc) is 3.28. The largest absolute Gasteiger partial charge is 0.472 e. The molecule has 0 saturated heterocycles. The number of fused-ring (bicyclic) bond motifs is 1. The monoisotopic (exact) mass is 336 g/mol. The van der Waals surface area contributed by atoms with Gasteiger partial charge in [0.1, 0.15) is 6.26 Å². The summed E-state index contributed by atoms with van der Waals surface area (Å²) in [5.41, 5.74) is 3.04. The number of anilines is 3. The van der Waals surface area contributed by atoms with Crippen molar-refractivity contribution in [1.29, 1.82) is 0 Å². The molecule has 0 radical (unpaired) electrons. The summed E-state index contributed by atoms with van der Waals surface area (Å²) in [6.45, 7) is 0.619. The van der Waals surface area contributed by atoms with Gasteiger partial charge < -0.3 is 19.2 Å². The third-order valence-electron chi connectivity index (χ3n) is 4.27. The molecule has 0 unspecified atom stereocenters. The third kappa shape index (κ3) is 2.69. The summed E-state index contributed by atoms with van der Waals surface area (Å²) >= 11 is 0. The summed E-state index contributed by atoms with van der Waals surface area (Å²) in [6.07, 6.45) is 6.88. The molecule has 1 aromatic carbocycles. The van der Waals surface area contributed by atoms with E-state index in [-0.39, 0.29) is 17.3 Å². The van der Waals surface area contributed by atoms with Gasteiger partial charge >= 0.3 is 0 Å². The molecule has 0 spiro atoms. The first-order valence-corrected chi connectivity index (χ1v) is 7.89. The molecular weight excluding hydrogens is 320 g/mol. The molecule has 0 fully saturated rings. The van der Waals surface area contributed by atoms with Crippen molar-refractivity contribution in [1.82, 2.24) is 9.55 Å². The van der Waals surface area contributed by atoms with E-state index in [2.05, 4.69) is 10.3 Å². The summed E-state index contributed by atoms with van der Waals surface area (Å²) in [5, 5.41) is 3.05. The van der Waals surface area contributed by atoms with Crippen LogP contribution in [0.25, 0.3) is 0 Å². The minimum Gasteiger partial charge on any atom is -0.472 e. The molecular formula is C18H16N4O3. The molecule has 1 N–H and O–H groups in total. The maximum absolute atomic E-state index is 12.5. The van der Waals surface area contributed by atoms with Crippen LogP contribution in [0, 0.1) is 0 Å². The van der Waals surface area contributed by atoms with Gasteiger partial charge in [0.2, 0.25) is 0 Å². The van der Waals surface area contributed by atoms with Crippen LogP contribution in [-0.4, -0.2) is 22.0 Å². The number of carbonyl (C=O) groups is 1. The van der Waals surface area contributed by atoms with Crippen LogP contribution in [0.1, 0.15) is 15.9 Å². The van der Waals surface area contributed by atoms with E-state index < -0.39 is 0 Å². The normalized spacial score (nSPS) is 12.9. The number of hydrogen-bond donors (Lipinski definition) is 1. The maximum atomic E-state index is 12.5. The lowest BCUT2D eigenvalue weighted by atomic mass is 10.1. The van der Waals surface area contributed by atoms with Crippen molar-refractivity contribution >= 4 is 23.1 Å². The Morgan fingerprint density at radius 3 is 3.00 bits per heavy atom. The van der Waals surface area contributed by atoms with Gasteiger partial charge in [-0.15, -0.1) is 0 Å². The number of benzene rings is 1. The number of aryl methyl sites for hydroxylation is 1. The highest BCUT2D eigenvalue weighted by atomic mass is 16.3. The van der Waals surface area contributed by atoms with Crippen LogP contribution in [0.15, 0.2) is 58.4 Å². The Labute approximate surface area is 143 Å². The Balaban J connectivity index is 1.60. The second-order valence-electron chi connectivity index (χ2n) is 5.88. The van der Waals surface area contributed by atoms with Gasteiger partial charge in [-0.05, 0) is 36.2 Å². The van der Waals surface area contributed by atoms with Gasteiger partial charge in [-0.25, -0.2) is 4.98 Å². The molecule has 4 rings (SSSR count). The quantitative estimate of drug-likeness (QED) is 0.794. The van der Waals surface area contributed by atoms with Crippen LogP contribution in [0.4, 0.5) is 17.2 Å². The van der Waals surface area contributed by atoms with Gasteiger partial charge in [0.15, 0.2) is 5.82 Å². The van der Waals surface area contributed by atoms with Crippen molar-refractivity contribution in [3.8, 4) is 0 Å². The Morgan fingerprint density at radius 1 is 1.32 bits per heavy atom. The molecule has 2 aromatic heterocycles. The van der Waals surface area contributed by atoms with E-state index >= 15 is 0 Å². The number of carbonyl (C=O) groups excluding carboxylic acids is 1. The Hall–Kier alpha value is -3.35. The first kappa shape index (κ1) is 15.2. The van der Waals surface area contributed by atoms with Crippen LogP contribution in [0.5, 0.6) is 0 Å². The molecule has 25 heavy (non-hydrogen) atoms.